The molecule has 0 spiro atoms. The summed E-state index contributed by atoms with van der Waals surface area (Å²) < 4.78 is 1.61. The van der Waals surface area contributed by atoms with Gasteiger partial charge in [-0.25, -0.2) is 4.98 Å². The van der Waals surface area contributed by atoms with Gasteiger partial charge in [0.15, 0.2) is 0 Å². The summed E-state index contributed by atoms with van der Waals surface area (Å²) in [5.41, 5.74) is 0.842. The van der Waals surface area contributed by atoms with Crippen LogP contribution in [0.3, 0.4) is 0 Å². The minimum absolute atomic E-state index is 0.130. The molecule has 1 unspecified atom stereocenters. The molecule has 0 aromatic carbocycles. The Morgan fingerprint density at radius 3 is 2.90 bits per heavy atom. The van der Waals surface area contributed by atoms with Gasteiger partial charge in [-0.1, -0.05) is 0 Å². The van der Waals surface area contributed by atoms with Crippen LogP contribution in [0.5, 0.6) is 0 Å². The minimum Gasteiger partial charge on any atom is -0.358 e. The quantitative estimate of drug-likeness (QED) is 0.898. The van der Waals surface area contributed by atoms with Gasteiger partial charge in [-0.3, -0.25) is 4.79 Å². The summed E-state index contributed by atoms with van der Waals surface area (Å²) in [4.78, 5) is 22.6. The van der Waals surface area contributed by atoms with Crippen molar-refractivity contribution in [1.29, 1.82) is 0 Å². The Balaban J connectivity index is 1.81. The summed E-state index contributed by atoms with van der Waals surface area (Å²) in [6, 6.07) is 1.58. The molecule has 1 N–H and O–H groups in total. The first-order valence-electron chi connectivity index (χ1n) is 6.88. The average Bonchev–Trinajstić information content (AvgIpc) is 3.08. The molecule has 0 radical (unpaired) electrons. The second-order valence-electron chi connectivity index (χ2n) is 5.15. The fourth-order valence-electron chi connectivity index (χ4n) is 2.53. The van der Waals surface area contributed by atoms with E-state index in [9.17, 15) is 4.79 Å². The Kier molecular flexibility index (Phi) is 3.25. The number of aryl methyl sites for hydroxylation is 1. The Bertz CT molecular complexity index is 631. The molecule has 3 rings (SSSR count). The summed E-state index contributed by atoms with van der Waals surface area (Å²) in [7, 11) is 0. The van der Waals surface area contributed by atoms with Gasteiger partial charge in [-0.2, -0.15) is 14.6 Å². The van der Waals surface area contributed by atoms with Gasteiger partial charge in [0.25, 0.3) is 5.78 Å². The topological polar surface area (TPSA) is 75.4 Å². The van der Waals surface area contributed by atoms with E-state index in [4.69, 9.17) is 0 Å². The van der Waals surface area contributed by atoms with E-state index in [0.717, 1.165) is 37.4 Å². The summed E-state index contributed by atoms with van der Waals surface area (Å²) in [6.07, 6.45) is 3.65. The van der Waals surface area contributed by atoms with Crippen LogP contribution >= 0.6 is 0 Å². The number of likely N-dealkylation sites (tertiary alicyclic amines) is 1. The molecule has 1 saturated heterocycles. The molecular formula is C13H18N6O. The van der Waals surface area contributed by atoms with Crippen molar-refractivity contribution in [3.8, 4) is 0 Å². The molecule has 1 fully saturated rings. The van der Waals surface area contributed by atoms with Crippen LogP contribution in [0.4, 0.5) is 5.82 Å². The minimum atomic E-state index is -0.290. The normalized spacial score (nSPS) is 16.6. The third-order valence-electron chi connectivity index (χ3n) is 3.53. The van der Waals surface area contributed by atoms with Crippen molar-refractivity contribution in [3.05, 3.63) is 18.1 Å². The number of fused-ring (bicyclic) bond motifs is 1. The van der Waals surface area contributed by atoms with Crippen LogP contribution in [0.25, 0.3) is 5.78 Å². The molecule has 7 heteroatoms. The van der Waals surface area contributed by atoms with E-state index in [2.05, 4.69) is 20.4 Å². The predicted octanol–water partition coefficient (Wildman–Crippen LogP) is 0.856. The van der Waals surface area contributed by atoms with Crippen molar-refractivity contribution < 1.29 is 4.79 Å². The molecule has 7 nitrogen and oxygen atoms in total. The number of anilines is 1. The summed E-state index contributed by atoms with van der Waals surface area (Å²) in [5.74, 6) is 1.41. The van der Waals surface area contributed by atoms with E-state index in [-0.39, 0.29) is 11.9 Å². The fourth-order valence-corrected chi connectivity index (χ4v) is 2.53. The van der Waals surface area contributed by atoms with Gasteiger partial charge in [-0.15, -0.1) is 0 Å². The van der Waals surface area contributed by atoms with Crippen LogP contribution in [0.2, 0.25) is 0 Å². The fraction of sp³-hybridized carbons (Fsp3) is 0.538. The summed E-state index contributed by atoms with van der Waals surface area (Å²) in [6.45, 7) is 5.49. The maximum absolute atomic E-state index is 12.3. The van der Waals surface area contributed by atoms with Gasteiger partial charge < -0.3 is 10.2 Å². The van der Waals surface area contributed by atoms with Crippen molar-refractivity contribution in [2.24, 2.45) is 0 Å². The third-order valence-corrected chi connectivity index (χ3v) is 3.53. The first kappa shape index (κ1) is 12.8. The average molecular weight is 274 g/mol. The van der Waals surface area contributed by atoms with Crippen LogP contribution < -0.4 is 5.32 Å². The molecule has 3 heterocycles. The highest BCUT2D eigenvalue weighted by atomic mass is 16.2. The smallest absolute Gasteiger partial charge is 0.254 e. The third kappa shape index (κ3) is 2.31. The Labute approximate surface area is 117 Å². The number of hydrogen-bond acceptors (Lipinski definition) is 5. The number of rotatable bonds is 3. The molecule has 2 aromatic rings. The van der Waals surface area contributed by atoms with Crippen molar-refractivity contribution >= 4 is 17.5 Å². The lowest BCUT2D eigenvalue weighted by molar-refractivity contribution is -0.130. The zero-order valence-corrected chi connectivity index (χ0v) is 11.7. The molecule has 1 atom stereocenters. The highest BCUT2D eigenvalue weighted by molar-refractivity contribution is 5.84. The zero-order valence-electron chi connectivity index (χ0n) is 11.7. The van der Waals surface area contributed by atoms with Crippen molar-refractivity contribution in [3.63, 3.8) is 0 Å². The molecule has 1 aliphatic rings. The largest absolute Gasteiger partial charge is 0.358 e. The predicted molar refractivity (Wildman–Crippen MR) is 74.4 cm³/mol. The standard InChI is InChI=1S/C13H18N6O/c1-9-7-11(19-13(16-9)14-8-15-19)17-10(2)12(20)18-5-3-4-6-18/h7-8,10,17H,3-6H2,1-2H3. The molecule has 0 saturated carbocycles. The van der Waals surface area contributed by atoms with E-state index < -0.39 is 0 Å². The van der Waals surface area contributed by atoms with Crippen molar-refractivity contribution in [1.82, 2.24) is 24.5 Å². The summed E-state index contributed by atoms with van der Waals surface area (Å²) >= 11 is 0. The first-order chi connectivity index (χ1) is 9.65. The van der Waals surface area contributed by atoms with Gasteiger partial charge in [0, 0.05) is 24.8 Å². The van der Waals surface area contributed by atoms with E-state index in [0.29, 0.717) is 5.78 Å². The molecule has 106 valence electrons. The zero-order chi connectivity index (χ0) is 14.1. The lowest BCUT2D eigenvalue weighted by atomic mass is 10.3. The van der Waals surface area contributed by atoms with Gasteiger partial charge in [0.05, 0.1) is 0 Å². The molecule has 2 aromatic heterocycles. The second kappa shape index (κ2) is 5.07. The number of hydrogen-bond donors (Lipinski definition) is 1. The molecular weight excluding hydrogens is 256 g/mol. The lowest BCUT2D eigenvalue weighted by Gasteiger charge is -2.22. The number of amides is 1. The Hall–Kier alpha value is -2.18. The van der Waals surface area contributed by atoms with E-state index >= 15 is 0 Å². The Morgan fingerprint density at radius 1 is 1.40 bits per heavy atom. The first-order valence-corrected chi connectivity index (χ1v) is 6.88. The Morgan fingerprint density at radius 2 is 2.15 bits per heavy atom. The maximum Gasteiger partial charge on any atom is 0.254 e. The van der Waals surface area contributed by atoms with Gasteiger partial charge in [0.2, 0.25) is 5.91 Å². The van der Waals surface area contributed by atoms with Crippen LogP contribution in [0, 0.1) is 6.92 Å². The highest BCUT2D eigenvalue weighted by Crippen LogP contribution is 2.14. The van der Waals surface area contributed by atoms with E-state index in [1.54, 1.807) is 4.52 Å². The van der Waals surface area contributed by atoms with Crippen LogP contribution in [0.15, 0.2) is 12.4 Å². The van der Waals surface area contributed by atoms with E-state index in [1.165, 1.54) is 6.33 Å². The van der Waals surface area contributed by atoms with Gasteiger partial charge >= 0.3 is 0 Å². The highest BCUT2D eigenvalue weighted by Gasteiger charge is 2.23. The monoisotopic (exact) mass is 274 g/mol. The van der Waals surface area contributed by atoms with Crippen LogP contribution in [0.1, 0.15) is 25.5 Å². The summed E-state index contributed by atoms with van der Waals surface area (Å²) in [5, 5.41) is 7.34. The van der Waals surface area contributed by atoms with Crippen LogP contribution in [-0.4, -0.2) is 49.5 Å². The number of aromatic nitrogens is 4. The van der Waals surface area contributed by atoms with E-state index in [1.807, 2.05) is 24.8 Å². The van der Waals surface area contributed by atoms with Gasteiger partial charge in [0.1, 0.15) is 18.2 Å². The lowest BCUT2D eigenvalue weighted by Crippen LogP contribution is -2.40. The van der Waals surface area contributed by atoms with Crippen molar-refractivity contribution in [2.45, 2.75) is 32.7 Å². The molecule has 0 aliphatic carbocycles. The van der Waals surface area contributed by atoms with Gasteiger partial charge in [-0.05, 0) is 26.7 Å². The number of carbonyl (C=O) groups excluding carboxylic acids is 1. The maximum atomic E-state index is 12.3. The SMILES string of the molecule is Cc1cc(NC(C)C(=O)N2CCCC2)n2ncnc2n1. The molecule has 1 amide bonds. The second-order valence-corrected chi connectivity index (χ2v) is 5.15. The molecule has 1 aliphatic heterocycles. The molecule has 20 heavy (non-hydrogen) atoms. The number of carbonyl (C=O) groups is 1. The van der Waals surface area contributed by atoms with Crippen LogP contribution in [-0.2, 0) is 4.79 Å². The van der Waals surface area contributed by atoms with Crippen molar-refractivity contribution in [2.75, 3.05) is 18.4 Å². The number of nitrogens with zero attached hydrogens (tertiary/aromatic N) is 5. The molecule has 0 bridgehead atoms. The number of nitrogens with one attached hydrogen (secondary N) is 1.